The van der Waals surface area contributed by atoms with Gasteiger partial charge in [-0.1, -0.05) is 11.6 Å². The molecule has 3 rings (SSSR count). The van der Waals surface area contributed by atoms with Gasteiger partial charge in [-0.25, -0.2) is 13.1 Å². The minimum Gasteiger partial charge on any atom is -0.491 e. The smallest absolute Gasteiger partial charge is 0.280 e. The summed E-state index contributed by atoms with van der Waals surface area (Å²) in [5.41, 5.74) is -1.13. The van der Waals surface area contributed by atoms with Gasteiger partial charge in [0.25, 0.3) is 11.4 Å². The fourth-order valence-corrected chi connectivity index (χ4v) is 3.05. The average molecular weight is 370 g/mol. The molecule has 0 aliphatic rings. The van der Waals surface area contributed by atoms with E-state index in [9.17, 15) is 23.1 Å². The van der Waals surface area contributed by atoms with Gasteiger partial charge in [-0.3, -0.25) is 9.59 Å². The Labute approximate surface area is 140 Å². The second-order valence-corrected chi connectivity index (χ2v) is 8.07. The molecule has 0 spiro atoms. The van der Waals surface area contributed by atoms with Crippen molar-refractivity contribution < 1.29 is 13.5 Å². The summed E-state index contributed by atoms with van der Waals surface area (Å²) in [5, 5.41) is 14.0. The first kappa shape index (κ1) is 16.5. The molecule has 0 atom stereocenters. The van der Waals surface area contributed by atoms with Gasteiger partial charge < -0.3 is 10.1 Å². The van der Waals surface area contributed by atoms with Crippen LogP contribution < -0.4 is 11.0 Å². The molecular formula is C14H12ClN3O5S. The van der Waals surface area contributed by atoms with Crippen LogP contribution in [0.25, 0.3) is 21.8 Å². The highest BCUT2D eigenvalue weighted by Gasteiger charge is 2.17. The first-order valence-electron chi connectivity index (χ1n) is 6.80. The zero-order valence-corrected chi connectivity index (χ0v) is 14.0. The highest BCUT2D eigenvalue weighted by molar-refractivity contribution is 7.90. The van der Waals surface area contributed by atoms with Crippen LogP contribution in [0, 0.1) is 0 Å². The number of sulfone groups is 1. The van der Waals surface area contributed by atoms with Crippen molar-refractivity contribution in [3.05, 3.63) is 43.8 Å². The van der Waals surface area contributed by atoms with E-state index in [0.717, 1.165) is 10.9 Å². The van der Waals surface area contributed by atoms with Crippen LogP contribution >= 0.6 is 11.6 Å². The molecule has 0 unspecified atom stereocenters. The van der Waals surface area contributed by atoms with Crippen molar-refractivity contribution in [2.24, 2.45) is 0 Å². The summed E-state index contributed by atoms with van der Waals surface area (Å²) in [4.78, 5) is 27.8. The Morgan fingerprint density at radius 3 is 2.71 bits per heavy atom. The van der Waals surface area contributed by atoms with Crippen LogP contribution in [0.15, 0.2) is 27.8 Å². The molecule has 1 aromatic carbocycles. The van der Waals surface area contributed by atoms with Crippen molar-refractivity contribution in [3.63, 3.8) is 0 Å². The molecule has 8 nitrogen and oxygen atoms in total. The quantitative estimate of drug-likeness (QED) is 0.653. The van der Waals surface area contributed by atoms with Crippen molar-refractivity contribution in [3.8, 4) is 5.88 Å². The van der Waals surface area contributed by atoms with Crippen LogP contribution in [-0.2, 0) is 16.4 Å². The fourth-order valence-electron chi connectivity index (χ4n) is 2.38. The molecule has 0 radical (unpaired) electrons. The predicted molar refractivity (Wildman–Crippen MR) is 90.5 cm³/mol. The number of hydrogen-bond acceptors (Lipinski definition) is 6. The number of halogens is 1. The molecule has 24 heavy (non-hydrogen) atoms. The summed E-state index contributed by atoms with van der Waals surface area (Å²) < 4.78 is 23.3. The van der Waals surface area contributed by atoms with E-state index in [2.05, 4.69) is 10.1 Å². The number of fused-ring (bicyclic) bond motifs is 2. The van der Waals surface area contributed by atoms with Crippen molar-refractivity contribution in [1.29, 1.82) is 0 Å². The molecule has 10 heteroatoms. The molecule has 2 N–H and O–H groups in total. The van der Waals surface area contributed by atoms with Crippen LogP contribution in [0.5, 0.6) is 5.88 Å². The van der Waals surface area contributed by atoms with Gasteiger partial charge in [0.05, 0.1) is 17.8 Å². The van der Waals surface area contributed by atoms with Crippen LogP contribution in [-0.4, -0.2) is 40.3 Å². The zero-order chi connectivity index (χ0) is 17.6. The van der Waals surface area contributed by atoms with Gasteiger partial charge in [0.2, 0.25) is 5.43 Å². The Kier molecular flexibility index (Phi) is 3.84. The molecule has 0 saturated carbocycles. The Balaban J connectivity index is 2.34. The SMILES string of the molecule is CS(=O)(=O)CCn1nc(O)c2[nH]c3cc(Cl)ccc3c(=O)c2c1=O. The number of hydrogen-bond donors (Lipinski definition) is 2. The molecule has 0 amide bonds. The number of aromatic nitrogens is 3. The molecule has 3 aromatic rings. The number of rotatable bonds is 3. The van der Waals surface area contributed by atoms with E-state index in [1.165, 1.54) is 18.2 Å². The van der Waals surface area contributed by atoms with Crippen molar-refractivity contribution in [2.75, 3.05) is 12.0 Å². The molecule has 2 heterocycles. The van der Waals surface area contributed by atoms with E-state index < -0.39 is 26.7 Å². The molecule has 2 aromatic heterocycles. The number of aromatic amines is 1. The summed E-state index contributed by atoms with van der Waals surface area (Å²) in [5.74, 6) is -0.913. The minimum absolute atomic E-state index is 0.115. The first-order valence-corrected chi connectivity index (χ1v) is 9.24. The summed E-state index contributed by atoms with van der Waals surface area (Å²) >= 11 is 5.88. The van der Waals surface area contributed by atoms with Gasteiger partial charge >= 0.3 is 0 Å². The summed E-state index contributed by atoms with van der Waals surface area (Å²) in [6, 6.07) is 4.47. The van der Waals surface area contributed by atoms with Gasteiger partial charge in [0, 0.05) is 16.7 Å². The van der Waals surface area contributed by atoms with Crippen molar-refractivity contribution in [2.45, 2.75) is 6.54 Å². The number of aromatic hydroxyl groups is 1. The second kappa shape index (κ2) is 5.60. The molecular weight excluding hydrogens is 358 g/mol. The number of pyridine rings is 1. The summed E-state index contributed by atoms with van der Waals surface area (Å²) in [6.07, 6.45) is 1.02. The molecule has 0 aliphatic carbocycles. The number of nitrogens with zero attached hydrogens (tertiary/aromatic N) is 2. The Bertz CT molecular complexity index is 1200. The second-order valence-electron chi connectivity index (χ2n) is 5.38. The molecule has 0 bridgehead atoms. The Hall–Kier alpha value is -2.39. The lowest BCUT2D eigenvalue weighted by Crippen LogP contribution is -2.29. The van der Waals surface area contributed by atoms with E-state index in [1.54, 1.807) is 0 Å². The highest BCUT2D eigenvalue weighted by atomic mass is 35.5. The number of aryl methyl sites for hydroxylation is 1. The van der Waals surface area contributed by atoms with Crippen LogP contribution in [0.2, 0.25) is 5.02 Å². The maximum Gasteiger partial charge on any atom is 0.280 e. The van der Waals surface area contributed by atoms with E-state index in [0.29, 0.717) is 10.5 Å². The standard InChI is InChI=1S/C14H12ClN3O5S/c1-24(22,23)5-4-18-14(21)10-11(13(20)17-18)16-9-6-7(15)2-3-8(9)12(10)19/h2-3,6H,4-5H2,1H3,(H,16,19)(H,17,20). The Morgan fingerprint density at radius 2 is 2.04 bits per heavy atom. The van der Waals surface area contributed by atoms with E-state index in [4.69, 9.17) is 11.6 Å². The molecule has 126 valence electrons. The third-order valence-electron chi connectivity index (χ3n) is 3.52. The number of nitrogens with one attached hydrogen (secondary N) is 1. The lowest BCUT2D eigenvalue weighted by Gasteiger charge is -2.08. The molecule has 0 aliphatic heterocycles. The van der Waals surface area contributed by atoms with Crippen molar-refractivity contribution in [1.82, 2.24) is 14.8 Å². The lowest BCUT2D eigenvalue weighted by atomic mass is 10.1. The number of H-pyrrole nitrogens is 1. The van der Waals surface area contributed by atoms with E-state index >= 15 is 0 Å². The minimum atomic E-state index is -3.34. The third-order valence-corrected chi connectivity index (χ3v) is 4.68. The van der Waals surface area contributed by atoms with Crippen LogP contribution in [0.3, 0.4) is 0 Å². The summed E-state index contributed by atoms with van der Waals surface area (Å²) in [7, 11) is -3.34. The summed E-state index contributed by atoms with van der Waals surface area (Å²) in [6.45, 7) is -0.265. The molecule has 0 fully saturated rings. The Morgan fingerprint density at radius 1 is 1.33 bits per heavy atom. The van der Waals surface area contributed by atoms with Crippen molar-refractivity contribution >= 4 is 43.2 Å². The van der Waals surface area contributed by atoms with E-state index in [-0.39, 0.29) is 28.6 Å². The number of benzene rings is 1. The highest BCUT2D eigenvalue weighted by Crippen LogP contribution is 2.20. The van der Waals surface area contributed by atoms with Gasteiger partial charge in [-0.2, -0.15) is 0 Å². The predicted octanol–water partition coefficient (Wildman–Crippen LogP) is 0.642. The van der Waals surface area contributed by atoms with Gasteiger partial charge in [-0.05, 0) is 18.2 Å². The molecule has 0 saturated heterocycles. The van der Waals surface area contributed by atoms with Crippen LogP contribution in [0.4, 0.5) is 0 Å². The topological polar surface area (TPSA) is 122 Å². The largest absolute Gasteiger partial charge is 0.491 e. The maximum atomic E-state index is 12.6. The third kappa shape index (κ3) is 2.87. The maximum absolute atomic E-state index is 12.6. The van der Waals surface area contributed by atoms with Gasteiger partial charge in [-0.15, -0.1) is 5.10 Å². The van der Waals surface area contributed by atoms with Gasteiger partial charge in [0.15, 0.2) is 0 Å². The zero-order valence-electron chi connectivity index (χ0n) is 12.4. The van der Waals surface area contributed by atoms with Gasteiger partial charge in [0.1, 0.15) is 20.7 Å². The van der Waals surface area contributed by atoms with E-state index in [1.807, 2.05) is 0 Å². The van der Waals surface area contributed by atoms with Crippen LogP contribution in [0.1, 0.15) is 0 Å². The average Bonchev–Trinajstić information content (AvgIpc) is 2.48. The fraction of sp³-hybridized carbons (Fsp3) is 0.214. The first-order chi connectivity index (χ1) is 11.2. The normalized spacial score (nSPS) is 12.1. The lowest BCUT2D eigenvalue weighted by molar-refractivity contribution is 0.428. The monoisotopic (exact) mass is 369 g/mol.